The Morgan fingerprint density at radius 1 is 0.422 bits per heavy atom. The molecule has 8 heteroatoms. The molecule has 11 rings (SSSR count). The average molecular weight is 815 g/mol. The number of fused-ring (bicyclic) bond motifs is 6. The molecule has 11 aromatic rings. The van der Waals surface area contributed by atoms with Crippen molar-refractivity contribution in [3.05, 3.63) is 222 Å². The molecule has 0 N–H and O–H groups in total. The first-order valence-electron chi connectivity index (χ1n) is 20.5. The van der Waals surface area contributed by atoms with Gasteiger partial charge in [0.15, 0.2) is 22.9 Å². The fraction of sp³-hybridized carbons (Fsp3) is 0. The molecular formula is C56H30N8. The minimum atomic E-state index is 0.506. The Morgan fingerprint density at radius 2 is 0.859 bits per heavy atom. The first kappa shape index (κ1) is 37.4. The highest BCUT2D eigenvalue weighted by Gasteiger charge is 2.25. The predicted molar refractivity (Wildman–Crippen MR) is 256 cm³/mol. The summed E-state index contributed by atoms with van der Waals surface area (Å²) in [5, 5.41) is 13.4. The zero-order chi connectivity index (χ0) is 43.3. The van der Waals surface area contributed by atoms with Gasteiger partial charge in [-0.15, -0.1) is 0 Å². The molecule has 64 heavy (non-hydrogen) atoms. The van der Waals surface area contributed by atoms with Gasteiger partial charge in [-0.1, -0.05) is 109 Å². The molecule has 0 amide bonds. The van der Waals surface area contributed by atoms with E-state index in [1.165, 1.54) is 0 Å². The van der Waals surface area contributed by atoms with Gasteiger partial charge in [0.1, 0.15) is 0 Å². The molecule has 0 fully saturated rings. The van der Waals surface area contributed by atoms with Crippen LogP contribution in [0.15, 0.2) is 182 Å². The first-order chi connectivity index (χ1) is 31.5. The third-order valence-corrected chi connectivity index (χ3v) is 11.8. The van der Waals surface area contributed by atoms with Gasteiger partial charge in [0.25, 0.3) is 0 Å². The summed E-state index contributed by atoms with van der Waals surface area (Å²) < 4.78 is 4.43. The fourth-order valence-electron chi connectivity index (χ4n) is 8.96. The topological polar surface area (TPSA) is 72.5 Å². The lowest BCUT2D eigenvalue weighted by molar-refractivity contribution is 1.15. The van der Waals surface area contributed by atoms with E-state index in [9.17, 15) is 5.26 Å². The van der Waals surface area contributed by atoms with Crippen LogP contribution in [0, 0.1) is 31.0 Å². The molecule has 0 atom stereocenters. The monoisotopic (exact) mass is 814 g/mol. The fourth-order valence-corrected chi connectivity index (χ4v) is 8.96. The minimum Gasteiger partial charge on any atom is -0.309 e. The van der Waals surface area contributed by atoms with Crippen LogP contribution in [0.2, 0.25) is 0 Å². The van der Waals surface area contributed by atoms with Gasteiger partial charge >= 0.3 is 0 Å². The van der Waals surface area contributed by atoms with Crippen molar-refractivity contribution < 1.29 is 0 Å². The van der Waals surface area contributed by atoms with Crippen LogP contribution in [0.25, 0.3) is 115 Å². The molecule has 0 radical (unpaired) electrons. The zero-order valence-electron chi connectivity index (χ0n) is 33.9. The standard InChI is InChI=1S/C56H30N8/c1-58-38-22-26-51-44(30-38)43-29-35(34-57)21-25-50(43)63(51)49-19-11-10-17-41(49)55-42(56-61-47(36-13-6-4-7-14-36)33-48(62-56)37-15-8-5-9-16-37)18-12-20-54(55)64-52-27-23-39(59-2)31-45(52)46-32-40(60-3)24-28-53(46)64/h4-33H. The molecule has 0 spiro atoms. The Bertz CT molecular complexity index is 3690. The van der Waals surface area contributed by atoms with Crippen molar-refractivity contribution in [1.29, 1.82) is 5.26 Å². The average Bonchev–Trinajstić information content (AvgIpc) is 3.87. The Hall–Kier alpha value is -9.60. The molecule has 0 bridgehead atoms. The van der Waals surface area contributed by atoms with Gasteiger partial charge in [-0.05, 0) is 89.0 Å². The largest absolute Gasteiger partial charge is 0.309 e. The quantitative estimate of drug-likeness (QED) is 0.157. The van der Waals surface area contributed by atoms with Gasteiger partial charge in [0.2, 0.25) is 0 Å². The molecule has 0 saturated carbocycles. The Morgan fingerprint density at radius 3 is 1.38 bits per heavy atom. The molecule has 3 aromatic heterocycles. The SMILES string of the molecule is [C-]#[N+]c1ccc2c(c1)c1cc(C#N)ccc1n2-c1ccccc1-c1c(-c2nc(-c3ccccc3)cc(-c3ccccc3)n2)cccc1-n1c2ccc([N+]#[C-])cc2c2cc([N+]#[C-])ccc21. The molecule has 294 valence electrons. The Labute approximate surface area is 367 Å². The van der Waals surface area contributed by atoms with Crippen LogP contribution in [0.3, 0.4) is 0 Å². The highest BCUT2D eigenvalue weighted by molar-refractivity contribution is 6.13. The van der Waals surface area contributed by atoms with Crippen molar-refractivity contribution in [2.24, 2.45) is 0 Å². The van der Waals surface area contributed by atoms with Gasteiger partial charge in [-0.25, -0.2) is 24.5 Å². The van der Waals surface area contributed by atoms with Crippen LogP contribution in [-0.2, 0) is 0 Å². The normalized spacial score (nSPS) is 11.1. The molecule has 3 heterocycles. The molecule has 8 aromatic carbocycles. The van der Waals surface area contributed by atoms with Gasteiger partial charge in [-0.3, -0.25) is 0 Å². The summed E-state index contributed by atoms with van der Waals surface area (Å²) in [6, 6.07) is 61.9. The highest BCUT2D eigenvalue weighted by Crippen LogP contribution is 2.46. The van der Waals surface area contributed by atoms with E-state index in [1.54, 1.807) is 0 Å². The molecular weight excluding hydrogens is 785 g/mol. The van der Waals surface area contributed by atoms with Crippen LogP contribution >= 0.6 is 0 Å². The van der Waals surface area contributed by atoms with Gasteiger partial charge in [0, 0.05) is 33.2 Å². The smallest absolute Gasteiger partial charge is 0.188 e. The maximum Gasteiger partial charge on any atom is 0.188 e. The third-order valence-electron chi connectivity index (χ3n) is 11.8. The number of nitriles is 1. The maximum atomic E-state index is 9.99. The second-order valence-electron chi connectivity index (χ2n) is 15.4. The van der Waals surface area contributed by atoms with E-state index in [-0.39, 0.29) is 0 Å². The minimum absolute atomic E-state index is 0.506. The van der Waals surface area contributed by atoms with Crippen LogP contribution in [0.5, 0.6) is 0 Å². The summed E-state index contributed by atoms with van der Waals surface area (Å²) in [6.07, 6.45) is 0. The molecule has 8 nitrogen and oxygen atoms in total. The van der Waals surface area contributed by atoms with E-state index in [0.29, 0.717) is 28.5 Å². The molecule has 0 aliphatic heterocycles. The van der Waals surface area contributed by atoms with Crippen LogP contribution < -0.4 is 0 Å². The van der Waals surface area contributed by atoms with E-state index >= 15 is 0 Å². The number of hydrogen-bond donors (Lipinski definition) is 0. The second-order valence-corrected chi connectivity index (χ2v) is 15.4. The van der Waals surface area contributed by atoms with Gasteiger partial charge < -0.3 is 9.13 Å². The van der Waals surface area contributed by atoms with Crippen LogP contribution in [0.4, 0.5) is 17.1 Å². The van der Waals surface area contributed by atoms with Crippen molar-refractivity contribution >= 4 is 60.7 Å². The van der Waals surface area contributed by atoms with Gasteiger partial charge in [0.05, 0.1) is 76.2 Å². The Balaban J connectivity index is 1.29. The van der Waals surface area contributed by atoms with E-state index in [1.807, 2.05) is 133 Å². The van der Waals surface area contributed by atoms with E-state index in [0.717, 1.165) is 94.2 Å². The second kappa shape index (κ2) is 15.1. The summed E-state index contributed by atoms with van der Waals surface area (Å²) in [4.78, 5) is 22.0. The molecule has 0 saturated heterocycles. The van der Waals surface area contributed by atoms with Crippen molar-refractivity contribution in [3.8, 4) is 62.5 Å². The summed E-state index contributed by atoms with van der Waals surface area (Å²) in [5.41, 5.74) is 13.2. The van der Waals surface area contributed by atoms with Crippen molar-refractivity contribution in [1.82, 2.24) is 19.1 Å². The van der Waals surface area contributed by atoms with Gasteiger partial charge in [-0.2, -0.15) is 5.26 Å². The van der Waals surface area contributed by atoms with Crippen molar-refractivity contribution in [2.45, 2.75) is 0 Å². The number of rotatable bonds is 6. The molecule has 0 aliphatic rings. The third kappa shape index (κ3) is 6.04. The van der Waals surface area contributed by atoms with E-state index in [2.05, 4.69) is 78.3 Å². The number of nitrogens with zero attached hydrogens (tertiary/aromatic N) is 8. The Kier molecular flexibility index (Phi) is 8.85. The molecule has 0 unspecified atom stereocenters. The van der Waals surface area contributed by atoms with Crippen LogP contribution in [-0.4, -0.2) is 19.1 Å². The summed E-state index contributed by atoms with van der Waals surface area (Å²) >= 11 is 0. The maximum absolute atomic E-state index is 9.99. The van der Waals surface area contributed by atoms with Crippen LogP contribution in [0.1, 0.15) is 5.56 Å². The van der Waals surface area contributed by atoms with Crippen molar-refractivity contribution in [2.75, 3.05) is 0 Å². The number of hydrogen-bond acceptors (Lipinski definition) is 3. The lowest BCUT2D eigenvalue weighted by Gasteiger charge is -2.21. The lowest BCUT2D eigenvalue weighted by atomic mass is 9.94. The summed E-state index contributed by atoms with van der Waals surface area (Å²) in [7, 11) is 0. The number of aromatic nitrogens is 4. The number of para-hydroxylation sites is 1. The molecule has 0 aliphatic carbocycles. The zero-order valence-corrected chi connectivity index (χ0v) is 33.9. The summed E-state index contributed by atoms with van der Waals surface area (Å²) in [5.74, 6) is 0.529. The summed E-state index contributed by atoms with van der Waals surface area (Å²) in [6.45, 7) is 23.6. The van der Waals surface area contributed by atoms with Crippen molar-refractivity contribution in [3.63, 3.8) is 0 Å². The predicted octanol–water partition coefficient (Wildman–Crippen LogP) is 14.9. The van der Waals surface area contributed by atoms with E-state index < -0.39 is 0 Å². The van der Waals surface area contributed by atoms with E-state index in [4.69, 9.17) is 29.7 Å². The highest BCUT2D eigenvalue weighted by atomic mass is 15.0. The first-order valence-corrected chi connectivity index (χ1v) is 20.5. The number of benzene rings is 8. The lowest BCUT2D eigenvalue weighted by Crippen LogP contribution is -2.04.